The first-order chi connectivity index (χ1) is 23.7. The lowest BCUT2D eigenvalue weighted by atomic mass is 9.93. The number of hydrogen-bond donors (Lipinski definition) is 0. The van der Waals surface area contributed by atoms with Gasteiger partial charge < -0.3 is 0 Å². The molecule has 0 aliphatic rings. The maximum atomic E-state index is 12.9. The Morgan fingerprint density at radius 2 is 0.854 bits per heavy atom. The quantitative estimate of drug-likeness (QED) is 0.0403. The lowest BCUT2D eigenvalue weighted by Gasteiger charge is -2.14. The number of benzene rings is 1. The Labute approximate surface area is 296 Å². The van der Waals surface area contributed by atoms with E-state index in [0.717, 1.165) is 44.1 Å². The second-order valence-electron chi connectivity index (χ2n) is 14.4. The van der Waals surface area contributed by atoms with Crippen LogP contribution in [-0.2, 0) is 30.8 Å². The average Bonchev–Trinajstić information content (AvgIpc) is 3.10. The van der Waals surface area contributed by atoms with Crippen LogP contribution in [0.5, 0.6) is 0 Å². The predicted molar refractivity (Wildman–Crippen MR) is 201 cm³/mol. The van der Waals surface area contributed by atoms with Crippen molar-refractivity contribution in [3.05, 3.63) is 35.9 Å². The number of hydrogen-bond acceptors (Lipinski definition) is 5. The summed E-state index contributed by atoms with van der Waals surface area (Å²) in [5.41, 5.74) is 1.09. The topological polar surface area (TPSA) is 61.8 Å². The number of unbranched alkanes of at least 4 members (excludes halogenated alkanes) is 27. The van der Waals surface area contributed by atoms with Gasteiger partial charge in [0, 0.05) is 11.5 Å². The van der Waals surface area contributed by atoms with Crippen molar-refractivity contribution in [2.75, 3.05) is 0 Å². The predicted octanol–water partition coefficient (Wildman–Crippen LogP) is 13.9. The van der Waals surface area contributed by atoms with E-state index < -0.39 is 11.9 Å². The summed E-state index contributed by atoms with van der Waals surface area (Å²) < 4.78 is 0. The van der Waals surface area contributed by atoms with E-state index in [1.807, 2.05) is 30.3 Å². The highest BCUT2D eigenvalue weighted by Gasteiger charge is 2.22. The van der Waals surface area contributed by atoms with Gasteiger partial charge in [-0.05, 0) is 24.8 Å². The molecule has 48 heavy (non-hydrogen) atoms. The zero-order valence-corrected chi connectivity index (χ0v) is 31.6. The van der Waals surface area contributed by atoms with Gasteiger partial charge in [0.25, 0.3) is 0 Å². The van der Waals surface area contributed by atoms with Crippen LogP contribution in [0.25, 0.3) is 0 Å². The summed E-state index contributed by atoms with van der Waals surface area (Å²) >= 11 is 0. The molecule has 0 fully saturated rings. The molecule has 0 saturated heterocycles. The molecule has 1 aromatic rings. The lowest BCUT2D eigenvalue weighted by molar-refractivity contribution is -0.460. The molecule has 1 rings (SSSR count). The number of rotatable bonds is 36. The van der Waals surface area contributed by atoms with Gasteiger partial charge in [-0.25, -0.2) is 9.59 Å². The molecular formula is C43H76O5. The van der Waals surface area contributed by atoms with Crippen molar-refractivity contribution in [1.29, 1.82) is 0 Å². The van der Waals surface area contributed by atoms with Crippen molar-refractivity contribution in [3.8, 4) is 0 Å². The first-order valence-electron chi connectivity index (χ1n) is 20.8. The summed E-state index contributed by atoms with van der Waals surface area (Å²) in [4.78, 5) is 34.7. The highest BCUT2D eigenvalue weighted by Crippen LogP contribution is 2.20. The number of carbonyl (C=O) groups is 2. The van der Waals surface area contributed by atoms with E-state index in [1.54, 1.807) is 0 Å². The van der Waals surface area contributed by atoms with Crippen LogP contribution in [0.2, 0.25) is 0 Å². The third-order valence-corrected chi connectivity index (χ3v) is 9.79. The first-order valence-corrected chi connectivity index (χ1v) is 20.8. The summed E-state index contributed by atoms with van der Waals surface area (Å²) in [7, 11) is 0. The molecule has 0 amide bonds. The first kappa shape index (κ1) is 44.1. The van der Waals surface area contributed by atoms with Crippen LogP contribution in [0.3, 0.4) is 0 Å². The van der Waals surface area contributed by atoms with Crippen LogP contribution in [0, 0.1) is 5.92 Å². The van der Waals surface area contributed by atoms with Gasteiger partial charge in [-0.2, -0.15) is 0 Å². The fourth-order valence-electron chi connectivity index (χ4n) is 6.63. The van der Waals surface area contributed by atoms with Crippen molar-refractivity contribution in [2.24, 2.45) is 5.92 Å². The molecule has 1 aromatic carbocycles. The normalized spacial score (nSPS) is 11.9. The maximum absolute atomic E-state index is 12.9. The second-order valence-corrected chi connectivity index (χ2v) is 14.4. The maximum Gasteiger partial charge on any atom is 0.350 e. The van der Waals surface area contributed by atoms with E-state index in [4.69, 9.17) is 9.78 Å². The Morgan fingerprint density at radius 3 is 1.27 bits per heavy atom. The minimum atomic E-state index is -0.482. The Bertz CT molecular complexity index is 826. The van der Waals surface area contributed by atoms with Crippen molar-refractivity contribution in [3.63, 3.8) is 0 Å². The van der Waals surface area contributed by atoms with Gasteiger partial charge in [-0.15, -0.1) is 0 Å². The monoisotopic (exact) mass is 673 g/mol. The summed E-state index contributed by atoms with van der Waals surface area (Å²) in [6.45, 7) is 4.55. The zero-order valence-electron chi connectivity index (χ0n) is 31.6. The van der Waals surface area contributed by atoms with Crippen LogP contribution < -0.4 is 0 Å². The van der Waals surface area contributed by atoms with Gasteiger partial charge in [0.15, 0.2) is 0 Å². The van der Waals surface area contributed by atoms with Crippen molar-refractivity contribution >= 4 is 11.9 Å². The molecule has 5 nitrogen and oxygen atoms in total. The zero-order chi connectivity index (χ0) is 34.6. The van der Waals surface area contributed by atoms with Gasteiger partial charge >= 0.3 is 11.9 Å². The Morgan fingerprint density at radius 1 is 0.479 bits per heavy atom. The fraction of sp³-hybridized carbons (Fsp3) is 0.814. The van der Waals surface area contributed by atoms with Crippen molar-refractivity contribution in [2.45, 2.75) is 219 Å². The van der Waals surface area contributed by atoms with E-state index >= 15 is 0 Å². The highest BCUT2D eigenvalue weighted by atomic mass is 17.5. The standard InChI is InChI=1S/C43H76O5/c1-3-5-7-9-11-13-15-17-19-21-23-25-27-29-34-38-42(44)46-48-47-43(45)41(39-40-35-31-30-32-36-40)37-33-28-26-24-22-20-18-16-14-12-10-8-6-4-2/h30-32,35-36,41H,3-29,33-34,37-39H2,1-2H3. The van der Waals surface area contributed by atoms with E-state index in [0.29, 0.717) is 6.42 Å². The third kappa shape index (κ3) is 29.1. The minimum absolute atomic E-state index is 0.280. The molecule has 0 radical (unpaired) electrons. The molecule has 0 heterocycles. The Kier molecular flexibility index (Phi) is 32.2. The van der Waals surface area contributed by atoms with Crippen LogP contribution >= 0.6 is 0 Å². The Balaban J connectivity index is 2.09. The third-order valence-electron chi connectivity index (χ3n) is 9.79. The SMILES string of the molecule is CCCCCCCCCCCCCCCCCC(=O)OOOC(=O)C(CCCCCCCCCCCCCCCC)Cc1ccccc1. The molecule has 0 aliphatic heterocycles. The van der Waals surface area contributed by atoms with E-state index in [2.05, 4.69) is 18.9 Å². The molecule has 0 aliphatic carbocycles. The number of carbonyl (C=O) groups excluding carboxylic acids is 2. The van der Waals surface area contributed by atoms with E-state index in [1.165, 1.54) is 154 Å². The van der Waals surface area contributed by atoms with E-state index in [9.17, 15) is 9.59 Å². The van der Waals surface area contributed by atoms with Gasteiger partial charge in [0.1, 0.15) is 0 Å². The van der Waals surface area contributed by atoms with Gasteiger partial charge in [-0.1, -0.05) is 224 Å². The molecule has 1 unspecified atom stereocenters. The van der Waals surface area contributed by atoms with Gasteiger partial charge in [0.2, 0.25) is 0 Å². The fourth-order valence-corrected chi connectivity index (χ4v) is 6.63. The van der Waals surface area contributed by atoms with Crippen LogP contribution in [-0.4, -0.2) is 11.9 Å². The highest BCUT2D eigenvalue weighted by molar-refractivity contribution is 5.72. The summed E-state index contributed by atoms with van der Waals surface area (Å²) in [5.74, 6) is -1.27. The van der Waals surface area contributed by atoms with Gasteiger partial charge in [0.05, 0.1) is 5.92 Å². The second kappa shape index (κ2) is 35.0. The lowest BCUT2D eigenvalue weighted by Crippen LogP contribution is -2.21. The largest absolute Gasteiger partial charge is 0.350 e. The molecule has 0 saturated carbocycles. The molecule has 0 spiro atoms. The molecule has 0 N–H and O–H groups in total. The summed E-state index contributed by atoms with van der Waals surface area (Å²) in [6, 6.07) is 10.0. The smallest absolute Gasteiger partial charge is 0.260 e. The molecule has 5 heteroatoms. The van der Waals surface area contributed by atoms with Crippen LogP contribution in [0.1, 0.15) is 218 Å². The van der Waals surface area contributed by atoms with Crippen molar-refractivity contribution < 1.29 is 24.4 Å². The molecule has 0 aromatic heterocycles. The molecular weight excluding hydrogens is 596 g/mol. The van der Waals surface area contributed by atoms with Crippen LogP contribution in [0.4, 0.5) is 0 Å². The summed E-state index contributed by atoms with van der Waals surface area (Å²) in [6.07, 6.45) is 39.1. The molecule has 0 bridgehead atoms. The Hall–Kier alpha value is -1.88. The van der Waals surface area contributed by atoms with E-state index in [-0.39, 0.29) is 12.3 Å². The van der Waals surface area contributed by atoms with Gasteiger partial charge in [-0.3, -0.25) is 9.78 Å². The molecule has 278 valence electrons. The average molecular weight is 673 g/mol. The summed E-state index contributed by atoms with van der Waals surface area (Å²) in [5, 5.41) is 4.68. The van der Waals surface area contributed by atoms with Crippen molar-refractivity contribution in [1.82, 2.24) is 0 Å². The molecule has 1 atom stereocenters. The van der Waals surface area contributed by atoms with Crippen LogP contribution in [0.15, 0.2) is 30.3 Å². The minimum Gasteiger partial charge on any atom is -0.260 e.